The minimum Gasteiger partial charge on any atom is -0.479 e. The fourth-order valence-electron chi connectivity index (χ4n) is 19.6. The Hall–Kier alpha value is -2.02. The largest absolute Gasteiger partial charge is 0.479 e. The molecule has 2 bridgehead atoms. The van der Waals surface area contributed by atoms with Crippen molar-refractivity contribution < 1.29 is 138 Å². The molecular weight excluding hydrogens is 1180 g/mol. The van der Waals surface area contributed by atoms with Gasteiger partial charge in [0.15, 0.2) is 37.6 Å². The number of carbonyl (C=O) groups excluding carboxylic acids is 1. The molecule has 28 heteroatoms. The maximum Gasteiger partial charge on any atom is 0.335 e. The van der Waals surface area contributed by atoms with E-state index >= 15 is 0 Å². The van der Waals surface area contributed by atoms with Crippen LogP contribution in [-0.2, 0) is 66.4 Å². The number of aliphatic hydroxyl groups is 13. The van der Waals surface area contributed by atoms with E-state index in [2.05, 4.69) is 48.5 Å². The topological polar surface area (TPSA) is 428 Å². The molecule has 0 aromatic rings. The summed E-state index contributed by atoms with van der Waals surface area (Å²) in [5, 5.41) is 154. The van der Waals surface area contributed by atoms with Gasteiger partial charge in [-0.25, -0.2) is 4.79 Å². The Bertz CT molecular complexity index is 2550. The molecule has 5 saturated carbocycles. The van der Waals surface area contributed by atoms with Crippen molar-refractivity contribution in [3.05, 3.63) is 0 Å². The fraction of sp³-hybridized carbons (Fsp3) is 0.967. The Morgan fingerprint density at radius 1 is 0.539 bits per heavy atom. The second-order valence-electron chi connectivity index (χ2n) is 30.2. The molecule has 0 radical (unpaired) electrons. The molecule has 89 heavy (non-hydrogen) atoms. The fourth-order valence-corrected chi connectivity index (χ4v) is 19.6. The van der Waals surface area contributed by atoms with E-state index in [0.29, 0.717) is 19.4 Å². The van der Waals surface area contributed by atoms with Gasteiger partial charge in [0, 0.05) is 23.7 Å². The summed E-state index contributed by atoms with van der Waals surface area (Å²) in [5.41, 5.74) is -4.47. The maximum absolute atomic E-state index is 13.4. The summed E-state index contributed by atoms with van der Waals surface area (Å²) >= 11 is 0. The molecule has 5 aliphatic carbocycles. The van der Waals surface area contributed by atoms with Gasteiger partial charge in [0.25, 0.3) is 0 Å². The highest BCUT2D eigenvalue weighted by Crippen LogP contribution is 2.81. The van der Waals surface area contributed by atoms with Gasteiger partial charge in [0.1, 0.15) is 103 Å². The van der Waals surface area contributed by atoms with Crippen LogP contribution in [0.25, 0.3) is 0 Å². The number of aliphatic carboxylic acids is 1. The Balaban J connectivity index is 0.904. The van der Waals surface area contributed by atoms with Crippen LogP contribution in [0, 0.1) is 50.2 Å². The van der Waals surface area contributed by atoms with E-state index in [1.165, 1.54) is 13.8 Å². The first kappa shape index (κ1) is 68.4. The van der Waals surface area contributed by atoms with Crippen molar-refractivity contribution in [1.82, 2.24) is 0 Å². The number of hydrogen-bond acceptors (Lipinski definition) is 27. The predicted octanol–water partition coefficient (Wildman–Crippen LogP) is -2.20. The highest BCUT2D eigenvalue weighted by Gasteiger charge is 2.80. The zero-order valence-corrected chi connectivity index (χ0v) is 52.2. The van der Waals surface area contributed by atoms with Gasteiger partial charge in [-0.05, 0) is 105 Å². The van der Waals surface area contributed by atoms with Crippen molar-refractivity contribution in [2.75, 3.05) is 33.0 Å². The third kappa shape index (κ3) is 10.8. The SMILES string of the molecule is CC(=O)O[C@H]1CC(C)(C)CC2[C@@]13CC[C@]1(C)[C@@]2(CCC2[C@@]4(C)CC[C@H](O[C@@H]5OC(C(=O)O)[C@@H](O)[C@H](O[C@@H]6O[C@H](CO)[C@H](O)[C@H](O)[C@H]6O[C@@H]6O[C@@H](C)[C@H](O)[C@@H](O)[C@H]6O[C@@H]6OC[C@](O)(CO)[C@H]6O)[C@H]5OC5OC(CO)[C@H](O)[C@H](O)[C@H]5O)C(C)(C)C4CC[C@]21C)OC3. The van der Waals surface area contributed by atoms with E-state index in [1.807, 2.05) is 0 Å². The van der Waals surface area contributed by atoms with Crippen LogP contribution in [0.1, 0.15) is 127 Å². The van der Waals surface area contributed by atoms with Crippen molar-refractivity contribution in [1.29, 1.82) is 0 Å². The van der Waals surface area contributed by atoms with E-state index < -0.39 is 190 Å². The van der Waals surface area contributed by atoms with Crippen molar-refractivity contribution in [3.63, 3.8) is 0 Å². The summed E-state index contributed by atoms with van der Waals surface area (Å²) in [6.07, 6.45) is -35.5. The minimum absolute atomic E-state index is 0.0154. The van der Waals surface area contributed by atoms with Gasteiger partial charge in [0.2, 0.25) is 0 Å². The summed E-state index contributed by atoms with van der Waals surface area (Å²) in [5.74, 6) is -1.61. The van der Waals surface area contributed by atoms with Crippen molar-refractivity contribution >= 4 is 11.9 Å². The van der Waals surface area contributed by atoms with Crippen LogP contribution in [0.15, 0.2) is 0 Å². The van der Waals surface area contributed by atoms with Gasteiger partial charge < -0.3 is 128 Å². The average Bonchev–Trinajstić information content (AvgIpc) is 1.62. The molecule has 510 valence electrons. The molecule has 11 fully saturated rings. The van der Waals surface area contributed by atoms with Crippen LogP contribution in [0.3, 0.4) is 0 Å². The summed E-state index contributed by atoms with van der Waals surface area (Å²) in [7, 11) is 0. The van der Waals surface area contributed by atoms with Crippen molar-refractivity contribution in [2.24, 2.45) is 50.2 Å². The Kier molecular flexibility index (Phi) is 18.6. The first-order valence-electron chi connectivity index (χ1n) is 31.9. The number of carboxylic acids is 1. The quantitative estimate of drug-likeness (QED) is 0.0611. The average molecular weight is 1280 g/mol. The van der Waals surface area contributed by atoms with Crippen LogP contribution < -0.4 is 0 Å². The van der Waals surface area contributed by atoms with Crippen molar-refractivity contribution in [3.8, 4) is 0 Å². The summed E-state index contributed by atoms with van der Waals surface area (Å²) in [6.45, 7) is 15.9. The molecule has 6 saturated heterocycles. The molecule has 0 aromatic heterocycles. The van der Waals surface area contributed by atoms with Gasteiger partial charge in [-0.3, -0.25) is 4.79 Å². The second kappa shape index (κ2) is 24.3. The third-order valence-electron chi connectivity index (χ3n) is 24.6. The lowest BCUT2D eigenvalue weighted by atomic mass is 9.30. The van der Waals surface area contributed by atoms with E-state index in [4.69, 9.17) is 56.8 Å². The molecule has 11 aliphatic rings. The Labute approximate surface area is 516 Å². The van der Waals surface area contributed by atoms with E-state index in [1.54, 1.807) is 0 Å². The first-order chi connectivity index (χ1) is 41.6. The Morgan fingerprint density at radius 3 is 1.75 bits per heavy atom. The lowest BCUT2D eigenvalue weighted by Crippen LogP contribution is -2.73. The number of aliphatic hydroxyl groups excluding tert-OH is 12. The number of rotatable bonds is 15. The zero-order valence-electron chi connectivity index (χ0n) is 52.2. The Morgan fingerprint density at radius 2 is 1.12 bits per heavy atom. The lowest BCUT2D eigenvalue weighted by Gasteiger charge is -2.75. The minimum atomic E-state index is -2.30. The number of ether oxygens (including phenoxy) is 12. The first-order valence-corrected chi connectivity index (χ1v) is 31.9. The van der Waals surface area contributed by atoms with Crippen LogP contribution >= 0.6 is 0 Å². The molecule has 0 aromatic carbocycles. The normalized spacial score (nSPS) is 55.1. The van der Waals surface area contributed by atoms with Crippen LogP contribution in [0.4, 0.5) is 0 Å². The predicted molar refractivity (Wildman–Crippen MR) is 298 cm³/mol. The smallest absolute Gasteiger partial charge is 0.335 e. The van der Waals surface area contributed by atoms with Gasteiger partial charge >= 0.3 is 11.9 Å². The van der Waals surface area contributed by atoms with Gasteiger partial charge in [0.05, 0.1) is 50.8 Å². The summed E-state index contributed by atoms with van der Waals surface area (Å²) in [6, 6.07) is 0. The van der Waals surface area contributed by atoms with Crippen molar-refractivity contribution in [2.45, 2.75) is 285 Å². The van der Waals surface area contributed by atoms with Gasteiger partial charge in [-0.1, -0.05) is 48.5 Å². The molecule has 14 N–H and O–H groups in total. The van der Waals surface area contributed by atoms with Crippen LogP contribution in [0.2, 0.25) is 0 Å². The number of carboxylic acid groups (broad SMARTS) is 1. The molecule has 33 atom stereocenters. The number of esters is 1. The molecule has 28 nitrogen and oxygen atoms in total. The molecular formula is C61H98O28. The van der Waals surface area contributed by atoms with E-state index in [9.17, 15) is 81.1 Å². The highest BCUT2D eigenvalue weighted by atomic mass is 16.8. The monoisotopic (exact) mass is 1280 g/mol. The van der Waals surface area contributed by atoms with Gasteiger partial charge in [-0.15, -0.1) is 0 Å². The standard InChI is InChI=1S/C61H98O28/c1-25-34(66)38(70)44(88-53-47(74)60(77,22-64)24-78-53)50(80-25)87-45-39(71)36(68)28(21-63)83-51(45)85-42-41(73)43(48(75)76)86-52(46(42)89-49-40(72)37(69)35(67)27(20-62)82-49)84-32-12-13-56(7)29(55(32,5)6)10-14-57(8)30(56)11-15-61-31-18-54(3,4)19-33(81-26(2)65)59(31,23-79-61)17-16-58(57,61)9/h25,27-47,49-53,62-64,66-74,77H,10-24H2,1-9H3,(H,75,76)/t25-,27?,28+,29?,30?,31?,32-,33-,34-,35-,36-,37-,38+,39-,40+,41-,42-,43?,44+,45+,46+,47-,49?,50-,51-,52+,53-,56-,57+,58-,59-,60+,61-/m0/s1. The van der Waals surface area contributed by atoms with Gasteiger partial charge in [-0.2, -0.15) is 0 Å². The molecule has 6 heterocycles. The second-order valence-corrected chi connectivity index (χ2v) is 30.2. The molecule has 0 amide bonds. The highest BCUT2D eigenvalue weighted by molar-refractivity contribution is 5.73. The van der Waals surface area contributed by atoms with Crippen LogP contribution in [-0.4, -0.2) is 275 Å². The number of hydrogen-bond donors (Lipinski definition) is 14. The van der Waals surface area contributed by atoms with E-state index in [-0.39, 0.29) is 56.9 Å². The maximum atomic E-state index is 13.4. The van der Waals surface area contributed by atoms with E-state index in [0.717, 1.165) is 51.4 Å². The number of carbonyl (C=O) groups is 2. The van der Waals surface area contributed by atoms with Crippen LogP contribution in [0.5, 0.6) is 0 Å². The summed E-state index contributed by atoms with van der Waals surface area (Å²) < 4.78 is 75.1. The summed E-state index contributed by atoms with van der Waals surface area (Å²) in [4.78, 5) is 26.0. The molecule has 11 rings (SSSR count). The lowest BCUT2D eigenvalue weighted by molar-refractivity contribution is -0.409. The molecule has 6 aliphatic heterocycles. The molecule has 6 unspecified atom stereocenters. The zero-order chi connectivity index (χ0) is 64.8. The third-order valence-corrected chi connectivity index (χ3v) is 24.6. The molecule has 1 spiro atoms. The number of fused-ring (bicyclic) bond motifs is 4.